The number of pyridine rings is 1. The van der Waals surface area contributed by atoms with Gasteiger partial charge in [0.1, 0.15) is 0 Å². The topological polar surface area (TPSA) is 33.1 Å². The summed E-state index contributed by atoms with van der Waals surface area (Å²) >= 11 is 5.17. The number of aromatic nitrogens is 1. The van der Waals surface area contributed by atoms with Gasteiger partial charge in [0.25, 0.3) is 6.43 Å². The highest BCUT2D eigenvalue weighted by Crippen LogP contribution is 2.34. The first-order valence-corrected chi connectivity index (χ1v) is 3.23. The molecular weight excluding hydrogens is 195 g/mol. The summed E-state index contributed by atoms with van der Waals surface area (Å²) in [6, 6.07) is 0. The molecule has 12 heavy (non-hydrogen) atoms. The molecule has 0 unspecified atom stereocenters. The molecule has 1 heterocycles. The van der Waals surface area contributed by atoms with Crippen molar-refractivity contribution in [3.63, 3.8) is 0 Å². The van der Waals surface area contributed by atoms with Crippen LogP contribution < -0.4 is 0 Å². The summed E-state index contributed by atoms with van der Waals surface area (Å²) < 4.78 is 36.5. The van der Waals surface area contributed by atoms with E-state index >= 15 is 0 Å². The second kappa shape index (κ2) is 3.18. The van der Waals surface area contributed by atoms with E-state index in [9.17, 15) is 13.2 Å². The zero-order chi connectivity index (χ0) is 9.30. The van der Waals surface area contributed by atoms with Crippen LogP contribution in [-0.4, -0.2) is 10.1 Å². The van der Waals surface area contributed by atoms with Gasteiger partial charge >= 0.3 is 0 Å². The molecule has 66 valence electrons. The highest BCUT2D eigenvalue weighted by Gasteiger charge is 2.21. The van der Waals surface area contributed by atoms with Crippen LogP contribution in [0.3, 0.4) is 0 Å². The Bertz CT molecular complexity index is 305. The molecule has 1 aromatic heterocycles. The smallest absolute Gasteiger partial charge is 0.270 e. The van der Waals surface area contributed by atoms with Crippen LogP contribution >= 0.6 is 11.6 Å². The SMILES string of the molecule is Oc1c(Cl)ncc(F)c1C(F)F. The molecule has 0 atom stereocenters. The van der Waals surface area contributed by atoms with Crippen molar-refractivity contribution in [1.82, 2.24) is 4.98 Å². The van der Waals surface area contributed by atoms with E-state index in [0.717, 1.165) is 0 Å². The van der Waals surface area contributed by atoms with Gasteiger partial charge in [-0.1, -0.05) is 11.6 Å². The summed E-state index contributed by atoms with van der Waals surface area (Å²) in [6.45, 7) is 0. The molecule has 0 spiro atoms. The molecule has 1 rings (SSSR count). The third-order valence-corrected chi connectivity index (χ3v) is 1.49. The summed E-state index contributed by atoms with van der Waals surface area (Å²) in [7, 11) is 0. The van der Waals surface area contributed by atoms with E-state index in [2.05, 4.69) is 4.98 Å². The lowest BCUT2D eigenvalue weighted by Gasteiger charge is -2.04. The number of aromatic hydroxyl groups is 1. The van der Waals surface area contributed by atoms with Crippen molar-refractivity contribution in [3.8, 4) is 5.75 Å². The van der Waals surface area contributed by atoms with Crippen molar-refractivity contribution in [2.45, 2.75) is 6.43 Å². The average Bonchev–Trinajstić information content (AvgIpc) is 1.97. The van der Waals surface area contributed by atoms with Crippen LogP contribution in [0.1, 0.15) is 12.0 Å². The van der Waals surface area contributed by atoms with Gasteiger partial charge in [-0.15, -0.1) is 0 Å². The second-order valence-corrected chi connectivity index (χ2v) is 2.32. The van der Waals surface area contributed by atoms with Crippen LogP contribution in [-0.2, 0) is 0 Å². The van der Waals surface area contributed by atoms with Gasteiger partial charge in [-0.2, -0.15) is 0 Å². The summed E-state index contributed by atoms with van der Waals surface area (Å²) in [5.74, 6) is -2.28. The van der Waals surface area contributed by atoms with E-state index < -0.39 is 28.7 Å². The van der Waals surface area contributed by atoms with E-state index in [-0.39, 0.29) is 0 Å². The molecule has 0 saturated carbocycles. The number of halogens is 4. The van der Waals surface area contributed by atoms with Crippen LogP contribution in [0.5, 0.6) is 5.75 Å². The van der Waals surface area contributed by atoms with E-state index in [1.165, 1.54) is 0 Å². The van der Waals surface area contributed by atoms with Crippen LogP contribution in [0.2, 0.25) is 5.15 Å². The van der Waals surface area contributed by atoms with Crippen molar-refractivity contribution in [3.05, 3.63) is 22.7 Å². The number of alkyl halides is 2. The van der Waals surface area contributed by atoms with E-state index in [0.29, 0.717) is 6.20 Å². The van der Waals surface area contributed by atoms with Crippen molar-refractivity contribution in [2.24, 2.45) is 0 Å². The van der Waals surface area contributed by atoms with Crippen molar-refractivity contribution in [2.75, 3.05) is 0 Å². The molecule has 0 saturated heterocycles. The van der Waals surface area contributed by atoms with Gasteiger partial charge in [-0.3, -0.25) is 0 Å². The summed E-state index contributed by atoms with van der Waals surface area (Å²) in [4.78, 5) is 3.13. The Kier molecular flexibility index (Phi) is 2.42. The van der Waals surface area contributed by atoms with Gasteiger partial charge in [0, 0.05) is 0 Å². The van der Waals surface area contributed by atoms with Gasteiger partial charge in [-0.25, -0.2) is 18.2 Å². The van der Waals surface area contributed by atoms with Crippen LogP contribution in [0.15, 0.2) is 6.20 Å². The molecule has 2 nitrogen and oxygen atoms in total. The predicted molar refractivity (Wildman–Crippen MR) is 35.8 cm³/mol. The first kappa shape index (κ1) is 9.12. The minimum Gasteiger partial charge on any atom is -0.504 e. The van der Waals surface area contributed by atoms with Gasteiger partial charge < -0.3 is 5.11 Å². The Morgan fingerprint density at radius 1 is 1.50 bits per heavy atom. The van der Waals surface area contributed by atoms with Crippen molar-refractivity contribution < 1.29 is 18.3 Å². The maximum absolute atomic E-state index is 12.5. The normalized spacial score (nSPS) is 10.8. The molecule has 0 amide bonds. The Hall–Kier alpha value is -0.970. The number of nitrogens with zero attached hydrogens (tertiary/aromatic N) is 1. The molecule has 0 aromatic carbocycles. The van der Waals surface area contributed by atoms with Gasteiger partial charge in [0.15, 0.2) is 16.7 Å². The van der Waals surface area contributed by atoms with Gasteiger partial charge in [-0.05, 0) is 0 Å². The molecule has 0 aliphatic heterocycles. The maximum atomic E-state index is 12.5. The Morgan fingerprint density at radius 3 is 2.50 bits per heavy atom. The van der Waals surface area contributed by atoms with Crippen molar-refractivity contribution in [1.29, 1.82) is 0 Å². The Balaban J connectivity index is 3.33. The molecule has 0 aliphatic rings. The van der Waals surface area contributed by atoms with E-state index in [4.69, 9.17) is 16.7 Å². The summed E-state index contributed by atoms with van der Waals surface area (Å²) in [5, 5.41) is 8.30. The molecule has 0 bridgehead atoms. The summed E-state index contributed by atoms with van der Waals surface area (Å²) in [6.07, 6.45) is -2.57. The largest absolute Gasteiger partial charge is 0.504 e. The van der Waals surface area contributed by atoms with Crippen LogP contribution in [0.25, 0.3) is 0 Å². The third-order valence-electron chi connectivity index (χ3n) is 1.22. The number of rotatable bonds is 1. The zero-order valence-corrected chi connectivity index (χ0v) is 6.32. The fourth-order valence-electron chi connectivity index (χ4n) is 0.676. The third kappa shape index (κ3) is 1.45. The lowest BCUT2D eigenvalue weighted by Crippen LogP contribution is -1.93. The maximum Gasteiger partial charge on any atom is 0.270 e. The summed E-state index contributed by atoms with van der Waals surface area (Å²) in [5.41, 5.74) is -1.12. The Morgan fingerprint density at radius 2 is 2.08 bits per heavy atom. The fourth-order valence-corrected chi connectivity index (χ4v) is 0.826. The molecule has 6 heteroatoms. The van der Waals surface area contributed by atoms with Gasteiger partial charge in [0.2, 0.25) is 0 Å². The molecule has 0 fully saturated rings. The first-order valence-electron chi connectivity index (χ1n) is 2.85. The monoisotopic (exact) mass is 197 g/mol. The van der Waals surface area contributed by atoms with E-state index in [1.807, 2.05) is 0 Å². The molecule has 0 radical (unpaired) electrons. The molecular formula is C6H3ClF3NO. The highest BCUT2D eigenvalue weighted by atomic mass is 35.5. The highest BCUT2D eigenvalue weighted by molar-refractivity contribution is 6.30. The zero-order valence-electron chi connectivity index (χ0n) is 5.56. The van der Waals surface area contributed by atoms with Gasteiger partial charge in [0.05, 0.1) is 11.8 Å². The lowest BCUT2D eigenvalue weighted by atomic mass is 10.2. The quantitative estimate of drug-likeness (QED) is 0.702. The molecule has 1 N–H and O–H groups in total. The fraction of sp³-hybridized carbons (Fsp3) is 0.167. The van der Waals surface area contributed by atoms with E-state index in [1.54, 1.807) is 0 Å². The molecule has 1 aromatic rings. The minimum atomic E-state index is -3.11. The molecule has 0 aliphatic carbocycles. The lowest BCUT2D eigenvalue weighted by molar-refractivity contribution is 0.142. The predicted octanol–water partition coefficient (Wildman–Crippen LogP) is 2.52. The first-order chi connectivity index (χ1) is 5.54. The minimum absolute atomic E-state index is 0.531. The number of hydrogen-bond donors (Lipinski definition) is 1. The second-order valence-electron chi connectivity index (χ2n) is 1.96. The van der Waals surface area contributed by atoms with Crippen LogP contribution in [0.4, 0.5) is 13.2 Å². The number of hydrogen-bond acceptors (Lipinski definition) is 2. The average molecular weight is 198 g/mol. The van der Waals surface area contributed by atoms with Crippen LogP contribution in [0, 0.1) is 5.82 Å². The van der Waals surface area contributed by atoms with Crippen molar-refractivity contribution >= 4 is 11.6 Å². The Labute approximate surface area is 70.6 Å². The standard InChI is InChI=1S/C6H3ClF3NO/c7-5-4(12)3(6(9)10)2(8)1-11-5/h1,6,12H.